The molecule has 0 atom stereocenters. The molecule has 0 bridgehead atoms. The summed E-state index contributed by atoms with van der Waals surface area (Å²) in [6.07, 6.45) is 1.06. The largest absolute Gasteiger partial charge is 0.481 e. The molecule has 3 aromatic rings. The van der Waals surface area contributed by atoms with E-state index in [-0.39, 0.29) is 12.2 Å². The summed E-state index contributed by atoms with van der Waals surface area (Å²) < 4.78 is 1.13. The second-order valence-electron chi connectivity index (χ2n) is 6.86. The molecule has 0 saturated carbocycles. The highest BCUT2D eigenvalue weighted by Gasteiger charge is 2.10. The number of Topliss-reactive ketones (excluding diaryl/α,β-unsaturated/α-hetero) is 1. The fourth-order valence-electron chi connectivity index (χ4n) is 2.95. The van der Waals surface area contributed by atoms with Gasteiger partial charge in [0.2, 0.25) is 0 Å². The number of rotatable bonds is 7. The van der Waals surface area contributed by atoms with Gasteiger partial charge in [0.25, 0.3) is 0 Å². The molecule has 4 heteroatoms. The number of carboxylic acids is 1. The fraction of sp³-hybridized carbons (Fsp3) is 0.273. The highest BCUT2D eigenvalue weighted by molar-refractivity contribution is 7.19. The third-order valence-corrected chi connectivity index (χ3v) is 5.66. The first-order valence-corrected chi connectivity index (χ1v) is 9.60. The van der Waals surface area contributed by atoms with Crippen molar-refractivity contribution < 1.29 is 14.7 Å². The summed E-state index contributed by atoms with van der Waals surface area (Å²) in [5.41, 5.74) is 2.95. The highest BCUT2D eigenvalue weighted by Crippen LogP contribution is 2.28. The fourth-order valence-corrected chi connectivity index (χ4v) is 4.00. The van der Waals surface area contributed by atoms with Gasteiger partial charge in [-0.25, -0.2) is 0 Å². The summed E-state index contributed by atoms with van der Waals surface area (Å²) >= 11 is 1.62. The molecule has 0 fully saturated rings. The molecule has 1 aromatic heterocycles. The molecule has 2 aromatic carbocycles. The molecule has 1 heterocycles. The second-order valence-corrected chi connectivity index (χ2v) is 8.02. The van der Waals surface area contributed by atoms with Gasteiger partial charge < -0.3 is 5.11 Å². The molecule has 26 heavy (non-hydrogen) atoms. The monoisotopic (exact) mass is 366 g/mol. The maximum Gasteiger partial charge on any atom is 0.303 e. The third-order valence-electron chi connectivity index (χ3n) is 4.48. The molecule has 3 nitrogen and oxygen atoms in total. The number of hydrogen-bond acceptors (Lipinski definition) is 3. The molecule has 0 spiro atoms. The van der Waals surface area contributed by atoms with Gasteiger partial charge in [0.05, 0.1) is 6.42 Å². The molecule has 3 rings (SSSR count). The molecule has 0 saturated heterocycles. The Morgan fingerprint density at radius 3 is 2.42 bits per heavy atom. The minimum Gasteiger partial charge on any atom is -0.481 e. The summed E-state index contributed by atoms with van der Waals surface area (Å²) in [7, 11) is 0. The van der Waals surface area contributed by atoms with Gasteiger partial charge in [0, 0.05) is 21.6 Å². The van der Waals surface area contributed by atoms with E-state index in [1.165, 1.54) is 5.56 Å². The number of fused-ring (bicyclic) bond motifs is 1. The first-order chi connectivity index (χ1) is 12.4. The Kier molecular flexibility index (Phi) is 5.52. The SMILES string of the molecule is CC(C)c1ccc(C(=O)Cc2ccc3sc(CCC(=O)O)cc3c2)cc1. The molecule has 0 aliphatic carbocycles. The zero-order valence-electron chi connectivity index (χ0n) is 15.0. The Morgan fingerprint density at radius 2 is 1.77 bits per heavy atom. The molecular weight excluding hydrogens is 344 g/mol. The van der Waals surface area contributed by atoms with Crippen LogP contribution in [0.2, 0.25) is 0 Å². The zero-order chi connectivity index (χ0) is 18.7. The third kappa shape index (κ3) is 4.38. The molecule has 0 aliphatic heterocycles. The van der Waals surface area contributed by atoms with E-state index in [0.29, 0.717) is 18.8 Å². The van der Waals surface area contributed by atoms with Crippen molar-refractivity contribution in [2.45, 2.75) is 39.0 Å². The van der Waals surface area contributed by atoms with E-state index in [1.807, 2.05) is 48.5 Å². The quantitative estimate of drug-likeness (QED) is 0.564. The van der Waals surface area contributed by atoms with Crippen molar-refractivity contribution in [1.82, 2.24) is 0 Å². The summed E-state index contributed by atoms with van der Waals surface area (Å²) in [5, 5.41) is 9.90. The lowest BCUT2D eigenvalue weighted by atomic mass is 9.98. The van der Waals surface area contributed by atoms with Crippen molar-refractivity contribution >= 4 is 33.2 Å². The van der Waals surface area contributed by atoms with Crippen LogP contribution in [0.15, 0.2) is 48.5 Å². The molecule has 0 aliphatic rings. The van der Waals surface area contributed by atoms with Gasteiger partial charge in [-0.2, -0.15) is 0 Å². The van der Waals surface area contributed by atoms with Crippen LogP contribution in [0.1, 0.15) is 52.5 Å². The van der Waals surface area contributed by atoms with E-state index in [1.54, 1.807) is 11.3 Å². The number of benzene rings is 2. The lowest BCUT2D eigenvalue weighted by molar-refractivity contribution is -0.136. The van der Waals surface area contributed by atoms with E-state index in [2.05, 4.69) is 13.8 Å². The summed E-state index contributed by atoms with van der Waals surface area (Å²) in [5.74, 6) is -0.214. The number of hydrogen-bond donors (Lipinski definition) is 1. The van der Waals surface area contributed by atoms with Gasteiger partial charge in [-0.3, -0.25) is 9.59 Å². The smallest absolute Gasteiger partial charge is 0.303 e. The van der Waals surface area contributed by atoms with E-state index in [9.17, 15) is 9.59 Å². The standard InChI is InChI=1S/C22H22O3S/c1-14(2)16-4-6-17(7-5-16)20(23)12-15-3-9-21-18(11-15)13-19(26-21)8-10-22(24)25/h3-7,9,11,13-14H,8,10,12H2,1-2H3,(H,24,25). The van der Waals surface area contributed by atoms with Crippen LogP contribution in [-0.4, -0.2) is 16.9 Å². The van der Waals surface area contributed by atoms with Crippen molar-refractivity contribution in [3.05, 3.63) is 70.1 Å². The average molecular weight is 366 g/mol. The van der Waals surface area contributed by atoms with Crippen molar-refractivity contribution in [3.8, 4) is 0 Å². The van der Waals surface area contributed by atoms with Crippen molar-refractivity contribution in [2.75, 3.05) is 0 Å². The van der Waals surface area contributed by atoms with Crippen LogP contribution in [0, 0.1) is 0 Å². The lowest BCUT2D eigenvalue weighted by Crippen LogP contribution is -2.03. The maximum atomic E-state index is 12.6. The molecule has 0 unspecified atom stereocenters. The van der Waals surface area contributed by atoms with Crippen LogP contribution in [0.25, 0.3) is 10.1 Å². The summed E-state index contributed by atoms with van der Waals surface area (Å²) in [6.45, 7) is 4.27. The van der Waals surface area contributed by atoms with E-state index in [0.717, 1.165) is 26.1 Å². The number of carbonyl (C=O) groups is 2. The van der Waals surface area contributed by atoms with Crippen molar-refractivity contribution in [1.29, 1.82) is 0 Å². The number of aliphatic carboxylic acids is 1. The number of carbonyl (C=O) groups excluding carboxylic acids is 1. The Balaban J connectivity index is 1.73. The van der Waals surface area contributed by atoms with Crippen LogP contribution in [0.5, 0.6) is 0 Å². The first kappa shape index (κ1) is 18.3. The Bertz CT molecular complexity index is 936. The van der Waals surface area contributed by atoms with Crippen LogP contribution in [0.3, 0.4) is 0 Å². The maximum absolute atomic E-state index is 12.6. The van der Waals surface area contributed by atoms with Gasteiger partial charge in [-0.1, -0.05) is 44.2 Å². The predicted octanol–water partition coefficient (Wildman–Crippen LogP) is 5.47. The Labute approximate surface area is 157 Å². The van der Waals surface area contributed by atoms with E-state index in [4.69, 9.17) is 5.11 Å². The number of aryl methyl sites for hydroxylation is 1. The lowest BCUT2D eigenvalue weighted by Gasteiger charge is -2.06. The van der Waals surface area contributed by atoms with Crippen LogP contribution in [-0.2, 0) is 17.6 Å². The average Bonchev–Trinajstić information content (AvgIpc) is 3.02. The van der Waals surface area contributed by atoms with Gasteiger partial charge in [0.1, 0.15) is 0 Å². The van der Waals surface area contributed by atoms with Gasteiger partial charge in [-0.05, 0) is 47.1 Å². The van der Waals surface area contributed by atoms with Crippen LogP contribution in [0.4, 0.5) is 0 Å². The molecular formula is C22H22O3S. The number of carboxylic acid groups (broad SMARTS) is 1. The minimum atomic E-state index is -0.780. The highest BCUT2D eigenvalue weighted by atomic mass is 32.1. The normalized spacial score (nSPS) is 11.2. The summed E-state index contributed by atoms with van der Waals surface area (Å²) in [4.78, 5) is 24.3. The molecule has 0 amide bonds. The number of thiophene rings is 1. The molecule has 134 valence electrons. The molecule has 0 radical (unpaired) electrons. The van der Waals surface area contributed by atoms with Gasteiger partial charge >= 0.3 is 5.97 Å². The Morgan fingerprint density at radius 1 is 1.04 bits per heavy atom. The first-order valence-electron chi connectivity index (χ1n) is 8.78. The predicted molar refractivity (Wildman–Crippen MR) is 106 cm³/mol. The van der Waals surface area contributed by atoms with E-state index >= 15 is 0 Å². The second kappa shape index (κ2) is 7.83. The van der Waals surface area contributed by atoms with Crippen molar-refractivity contribution in [2.24, 2.45) is 0 Å². The van der Waals surface area contributed by atoms with Gasteiger partial charge in [-0.15, -0.1) is 11.3 Å². The zero-order valence-corrected chi connectivity index (χ0v) is 15.8. The minimum absolute atomic E-state index is 0.112. The summed E-state index contributed by atoms with van der Waals surface area (Å²) in [6, 6.07) is 15.9. The van der Waals surface area contributed by atoms with Crippen molar-refractivity contribution in [3.63, 3.8) is 0 Å². The Hall–Kier alpha value is -2.46. The van der Waals surface area contributed by atoms with Crippen LogP contribution < -0.4 is 0 Å². The van der Waals surface area contributed by atoms with Gasteiger partial charge in [0.15, 0.2) is 5.78 Å². The topological polar surface area (TPSA) is 54.4 Å². The van der Waals surface area contributed by atoms with E-state index < -0.39 is 5.97 Å². The molecule has 1 N–H and O–H groups in total. The van der Waals surface area contributed by atoms with Crippen LogP contribution >= 0.6 is 11.3 Å². The number of ketones is 1.